The van der Waals surface area contributed by atoms with Gasteiger partial charge >= 0.3 is 12.4 Å². The van der Waals surface area contributed by atoms with Crippen LogP contribution >= 0.6 is 0 Å². The van der Waals surface area contributed by atoms with Gasteiger partial charge in [0.15, 0.2) is 9.84 Å². The van der Waals surface area contributed by atoms with Gasteiger partial charge in [0.2, 0.25) is 0 Å². The van der Waals surface area contributed by atoms with Crippen molar-refractivity contribution >= 4 is 15.7 Å². The van der Waals surface area contributed by atoms with E-state index in [4.69, 9.17) is 0 Å². The number of sulfone groups is 1. The lowest BCUT2D eigenvalue weighted by Gasteiger charge is -2.40. The fourth-order valence-electron chi connectivity index (χ4n) is 3.99. The number of carbonyl (C=O) groups excluding carboxylic acids is 1. The van der Waals surface area contributed by atoms with E-state index in [2.05, 4.69) is 4.98 Å². The first kappa shape index (κ1) is 26.0. The number of hydrogen-bond donors (Lipinski definition) is 0. The third-order valence-corrected chi connectivity index (χ3v) is 8.83. The van der Waals surface area contributed by atoms with Gasteiger partial charge in [0.05, 0.1) is 20.8 Å². The molecular weight excluding hydrogens is 486 g/mol. The molecule has 0 unspecified atom stereocenters. The quantitative estimate of drug-likeness (QED) is 0.531. The Kier molecular flexibility index (Phi) is 6.77. The summed E-state index contributed by atoms with van der Waals surface area (Å²) >= 11 is 0. The maximum atomic E-state index is 13.2. The molecule has 2 aromatic rings. The maximum Gasteiger partial charge on any atom is 0.417 e. The molecule has 0 N–H and O–H groups in total. The van der Waals surface area contributed by atoms with Crippen molar-refractivity contribution in [3.63, 3.8) is 0 Å². The summed E-state index contributed by atoms with van der Waals surface area (Å²) in [6.07, 6.45) is -8.20. The lowest BCUT2D eigenvalue weighted by molar-refractivity contribution is -0.138. The summed E-state index contributed by atoms with van der Waals surface area (Å²) in [4.78, 5) is 17.2. The van der Waals surface area contributed by atoms with Gasteiger partial charge in [-0.3, -0.25) is 9.78 Å². The van der Waals surface area contributed by atoms with E-state index >= 15 is 0 Å². The normalized spacial score (nSPS) is 16.5. The summed E-state index contributed by atoms with van der Waals surface area (Å²) < 4.78 is 102. The number of pyridine rings is 1. The van der Waals surface area contributed by atoms with Gasteiger partial charge in [-0.25, -0.2) is 8.42 Å². The number of halogens is 6. The molecule has 2 heterocycles. The second-order valence-electron chi connectivity index (χ2n) is 8.63. The Labute approximate surface area is 192 Å². The number of hydrogen-bond acceptors (Lipinski definition) is 4. The molecule has 1 amide bonds. The van der Waals surface area contributed by atoms with Crippen LogP contribution in [0.15, 0.2) is 47.5 Å². The van der Waals surface area contributed by atoms with Crippen molar-refractivity contribution in [3.05, 3.63) is 59.4 Å². The largest absolute Gasteiger partial charge is 0.417 e. The summed E-state index contributed by atoms with van der Waals surface area (Å²) in [5.74, 6) is -1.04. The number of rotatable bonds is 4. The number of likely N-dealkylation sites (tertiary alicyclic amines) is 1. The zero-order valence-corrected chi connectivity index (χ0v) is 19.1. The SMILES string of the molecule is CC(C)(C1CCN(C(=O)c2ccc(C(F)(F)F)cn2)CC1)S(=O)(=O)c1cccc(C(F)(F)F)c1. The molecule has 1 aliphatic rings. The number of benzene rings is 1. The summed E-state index contributed by atoms with van der Waals surface area (Å²) in [5.41, 5.74) is -2.21. The first-order valence-electron chi connectivity index (χ1n) is 10.3. The molecule has 0 radical (unpaired) electrons. The molecule has 1 aliphatic heterocycles. The van der Waals surface area contributed by atoms with Gasteiger partial charge in [-0.1, -0.05) is 6.07 Å². The van der Waals surface area contributed by atoms with Crippen LogP contribution in [0.2, 0.25) is 0 Å². The van der Waals surface area contributed by atoms with Gasteiger partial charge in [-0.05, 0) is 62.9 Å². The highest BCUT2D eigenvalue weighted by Crippen LogP contribution is 2.39. The van der Waals surface area contributed by atoms with Crippen LogP contribution < -0.4 is 0 Å². The van der Waals surface area contributed by atoms with Crippen LogP contribution in [-0.2, 0) is 22.2 Å². The molecule has 5 nitrogen and oxygen atoms in total. The molecule has 0 aliphatic carbocycles. The standard InChI is InChI=1S/C22H22F6N2O3S/c1-20(2,34(32,33)17-5-3-4-15(12-17)21(23,24)25)14-8-10-30(11-9-14)19(31)18-7-6-16(13-29-18)22(26,27)28/h3-7,12-14H,8-11H2,1-2H3. The second kappa shape index (κ2) is 8.86. The average Bonchev–Trinajstić information content (AvgIpc) is 2.77. The van der Waals surface area contributed by atoms with Crippen molar-refractivity contribution in [2.75, 3.05) is 13.1 Å². The molecule has 0 bridgehead atoms. The molecule has 186 valence electrons. The Hall–Kier alpha value is -2.63. The van der Waals surface area contributed by atoms with Crippen LogP contribution in [0.3, 0.4) is 0 Å². The van der Waals surface area contributed by atoms with Crippen molar-refractivity contribution < 1.29 is 39.6 Å². The molecule has 12 heteroatoms. The fourth-order valence-corrected chi connectivity index (χ4v) is 5.81. The van der Waals surface area contributed by atoms with E-state index in [1.54, 1.807) is 0 Å². The predicted octanol–water partition coefficient (Wildman–Crippen LogP) is 5.22. The van der Waals surface area contributed by atoms with Crippen LogP contribution in [0, 0.1) is 5.92 Å². The zero-order valence-electron chi connectivity index (χ0n) is 18.2. The number of piperidine rings is 1. The van der Waals surface area contributed by atoms with Crippen molar-refractivity contribution in [1.29, 1.82) is 0 Å². The fraction of sp³-hybridized carbons (Fsp3) is 0.455. The van der Waals surface area contributed by atoms with E-state index in [1.807, 2.05) is 0 Å². The van der Waals surface area contributed by atoms with Gasteiger partial charge in [-0.2, -0.15) is 26.3 Å². The molecule has 34 heavy (non-hydrogen) atoms. The van der Waals surface area contributed by atoms with Gasteiger partial charge in [0.25, 0.3) is 5.91 Å². The minimum absolute atomic E-state index is 0.133. The Morgan fingerprint density at radius 3 is 2.03 bits per heavy atom. The molecule has 1 aromatic heterocycles. The summed E-state index contributed by atoms with van der Waals surface area (Å²) in [5, 5.41) is 0. The Morgan fingerprint density at radius 2 is 1.53 bits per heavy atom. The van der Waals surface area contributed by atoms with Crippen molar-refractivity contribution in [2.24, 2.45) is 5.92 Å². The summed E-state index contributed by atoms with van der Waals surface area (Å²) in [6, 6.07) is 5.33. The van der Waals surface area contributed by atoms with E-state index in [0.29, 0.717) is 12.3 Å². The minimum Gasteiger partial charge on any atom is -0.337 e. The zero-order chi connectivity index (χ0) is 25.5. The van der Waals surface area contributed by atoms with E-state index in [1.165, 1.54) is 18.7 Å². The highest BCUT2D eigenvalue weighted by atomic mass is 32.2. The third-order valence-electron chi connectivity index (χ3n) is 6.24. The number of alkyl halides is 6. The van der Waals surface area contributed by atoms with E-state index in [9.17, 15) is 39.6 Å². The van der Waals surface area contributed by atoms with Crippen LogP contribution in [0.4, 0.5) is 26.3 Å². The topological polar surface area (TPSA) is 67.3 Å². The van der Waals surface area contributed by atoms with Crippen LogP contribution in [-0.4, -0.2) is 42.0 Å². The highest BCUT2D eigenvalue weighted by molar-refractivity contribution is 7.92. The monoisotopic (exact) mass is 508 g/mol. The van der Waals surface area contributed by atoms with Gasteiger partial charge in [-0.15, -0.1) is 0 Å². The first-order chi connectivity index (χ1) is 15.5. The van der Waals surface area contributed by atoms with E-state index in [-0.39, 0.29) is 31.6 Å². The minimum atomic E-state index is -4.69. The van der Waals surface area contributed by atoms with Crippen molar-refractivity contribution in [2.45, 2.75) is 48.7 Å². The molecular formula is C22H22F6N2O3S. The second-order valence-corrected chi connectivity index (χ2v) is 11.2. The summed E-state index contributed by atoms with van der Waals surface area (Å²) in [7, 11) is -4.15. The lowest BCUT2D eigenvalue weighted by Crippen LogP contribution is -2.47. The molecule has 1 saturated heterocycles. The molecule has 1 fully saturated rings. The van der Waals surface area contributed by atoms with E-state index < -0.39 is 54.8 Å². The molecule has 0 spiro atoms. The van der Waals surface area contributed by atoms with E-state index in [0.717, 1.165) is 30.3 Å². The molecule has 3 rings (SSSR count). The molecule has 0 atom stereocenters. The number of amides is 1. The molecule has 1 aromatic carbocycles. The maximum absolute atomic E-state index is 13.2. The van der Waals surface area contributed by atoms with Crippen molar-refractivity contribution in [1.82, 2.24) is 9.88 Å². The predicted molar refractivity (Wildman–Crippen MR) is 111 cm³/mol. The smallest absolute Gasteiger partial charge is 0.337 e. The van der Waals surface area contributed by atoms with Gasteiger partial charge in [0.1, 0.15) is 5.69 Å². The van der Waals surface area contributed by atoms with Crippen LogP contribution in [0.5, 0.6) is 0 Å². The number of aromatic nitrogens is 1. The Balaban J connectivity index is 1.73. The van der Waals surface area contributed by atoms with Gasteiger partial charge in [0, 0.05) is 19.3 Å². The number of nitrogens with zero attached hydrogens (tertiary/aromatic N) is 2. The summed E-state index contributed by atoms with van der Waals surface area (Å²) in [6.45, 7) is 3.16. The first-order valence-corrected chi connectivity index (χ1v) is 11.8. The molecule has 0 saturated carbocycles. The number of carbonyl (C=O) groups is 1. The van der Waals surface area contributed by atoms with Crippen molar-refractivity contribution in [3.8, 4) is 0 Å². The average molecular weight is 508 g/mol. The van der Waals surface area contributed by atoms with Gasteiger partial charge < -0.3 is 4.90 Å². The Bertz CT molecular complexity index is 1150. The highest BCUT2D eigenvalue weighted by Gasteiger charge is 2.45. The van der Waals surface area contributed by atoms with Crippen LogP contribution in [0.1, 0.15) is 48.3 Å². The van der Waals surface area contributed by atoms with Crippen LogP contribution in [0.25, 0.3) is 0 Å². The third kappa shape index (κ3) is 5.06. The lowest BCUT2D eigenvalue weighted by atomic mass is 9.85. The Morgan fingerprint density at radius 1 is 0.941 bits per heavy atom.